The van der Waals surface area contributed by atoms with Gasteiger partial charge < -0.3 is 13.9 Å². The molecule has 1 aromatic carbocycles. The van der Waals surface area contributed by atoms with Crippen LogP contribution in [0.4, 0.5) is 0 Å². The molecule has 0 saturated heterocycles. The van der Waals surface area contributed by atoms with E-state index in [1.54, 1.807) is 38.1 Å². The zero-order valence-electron chi connectivity index (χ0n) is 10.8. The van der Waals surface area contributed by atoms with E-state index >= 15 is 0 Å². The normalized spacial score (nSPS) is 11.5. The smallest absolute Gasteiger partial charge is 0.192 e. The number of methoxy groups -OCH3 is 2. The van der Waals surface area contributed by atoms with Gasteiger partial charge in [0.15, 0.2) is 6.29 Å². The van der Waals surface area contributed by atoms with E-state index in [2.05, 4.69) is 29.6 Å². The molecule has 0 fully saturated rings. The number of furan rings is 1. The maximum atomic E-state index is 5.27. The molecule has 0 aliphatic heterocycles. The molecule has 2 heterocycles. The van der Waals surface area contributed by atoms with Crippen LogP contribution in [0, 0.1) is 0 Å². The molecule has 0 unspecified atom stereocenters. The lowest BCUT2D eigenvalue weighted by molar-refractivity contribution is -0.103. The van der Waals surface area contributed by atoms with Gasteiger partial charge in [-0.1, -0.05) is 12.1 Å². The highest BCUT2D eigenvalue weighted by molar-refractivity contribution is 7.10. The lowest BCUT2D eigenvalue weighted by Gasteiger charge is -2.10. The van der Waals surface area contributed by atoms with Crippen LogP contribution in [0.15, 0.2) is 46.6 Å². The Kier molecular flexibility index (Phi) is 3.38. The SMILES string of the molecule is COC(OC)c1cc(-c2ccc3cocc3c2)cs1. The minimum absolute atomic E-state index is 0.295. The Balaban J connectivity index is 1.97. The number of benzene rings is 1. The summed E-state index contributed by atoms with van der Waals surface area (Å²) in [5, 5.41) is 4.34. The molecule has 3 aromatic rings. The molecule has 3 nitrogen and oxygen atoms in total. The van der Waals surface area contributed by atoms with E-state index in [0.717, 1.165) is 15.6 Å². The largest absolute Gasteiger partial charge is 0.471 e. The van der Waals surface area contributed by atoms with Crippen molar-refractivity contribution in [3.8, 4) is 11.1 Å². The lowest BCUT2D eigenvalue weighted by Crippen LogP contribution is -2.00. The van der Waals surface area contributed by atoms with E-state index < -0.39 is 0 Å². The Bertz CT molecular complexity index is 679. The molecule has 2 aromatic heterocycles. The molecular formula is C15H14O3S. The zero-order valence-corrected chi connectivity index (χ0v) is 11.6. The minimum Gasteiger partial charge on any atom is -0.471 e. The number of thiophene rings is 1. The van der Waals surface area contributed by atoms with Gasteiger partial charge in [0, 0.05) is 25.0 Å². The van der Waals surface area contributed by atoms with Gasteiger partial charge in [0.05, 0.1) is 17.4 Å². The van der Waals surface area contributed by atoms with Crippen molar-refractivity contribution in [2.45, 2.75) is 6.29 Å². The third-order valence-corrected chi connectivity index (χ3v) is 4.04. The predicted molar refractivity (Wildman–Crippen MR) is 76.3 cm³/mol. The summed E-state index contributed by atoms with van der Waals surface area (Å²) in [6, 6.07) is 8.39. The van der Waals surface area contributed by atoms with Crippen molar-refractivity contribution in [3.63, 3.8) is 0 Å². The molecule has 0 aliphatic rings. The molecule has 0 atom stereocenters. The minimum atomic E-state index is -0.295. The summed E-state index contributed by atoms with van der Waals surface area (Å²) in [7, 11) is 3.29. The number of rotatable bonds is 4. The third-order valence-electron chi connectivity index (χ3n) is 3.09. The lowest BCUT2D eigenvalue weighted by atomic mass is 10.1. The van der Waals surface area contributed by atoms with E-state index in [9.17, 15) is 0 Å². The maximum absolute atomic E-state index is 5.27. The maximum Gasteiger partial charge on any atom is 0.192 e. The second-order valence-corrected chi connectivity index (χ2v) is 5.20. The van der Waals surface area contributed by atoms with Crippen molar-refractivity contribution in [3.05, 3.63) is 47.0 Å². The number of ether oxygens (including phenoxy) is 2. The number of hydrogen-bond donors (Lipinski definition) is 0. The van der Waals surface area contributed by atoms with Crippen molar-refractivity contribution in [2.24, 2.45) is 0 Å². The molecule has 19 heavy (non-hydrogen) atoms. The van der Waals surface area contributed by atoms with Crippen LogP contribution in [0.1, 0.15) is 11.2 Å². The number of hydrogen-bond acceptors (Lipinski definition) is 4. The first kappa shape index (κ1) is 12.4. The molecule has 98 valence electrons. The van der Waals surface area contributed by atoms with Gasteiger partial charge in [-0.3, -0.25) is 0 Å². The van der Waals surface area contributed by atoms with Gasteiger partial charge >= 0.3 is 0 Å². The highest BCUT2D eigenvalue weighted by Gasteiger charge is 2.12. The van der Waals surface area contributed by atoms with Gasteiger partial charge in [-0.2, -0.15) is 0 Å². The summed E-state index contributed by atoms with van der Waals surface area (Å²) in [6.45, 7) is 0. The van der Waals surface area contributed by atoms with Gasteiger partial charge in [-0.15, -0.1) is 11.3 Å². The van der Waals surface area contributed by atoms with Gasteiger partial charge in [-0.05, 0) is 28.6 Å². The van der Waals surface area contributed by atoms with Gasteiger partial charge in [-0.25, -0.2) is 0 Å². The monoisotopic (exact) mass is 274 g/mol. The van der Waals surface area contributed by atoms with Crippen molar-refractivity contribution in [1.29, 1.82) is 0 Å². The molecule has 0 saturated carbocycles. The molecule has 0 radical (unpaired) electrons. The van der Waals surface area contributed by atoms with Crippen molar-refractivity contribution in [2.75, 3.05) is 14.2 Å². The standard InChI is InChI=1S/C15H14O3S/c1-16-15(17-2)14-6-13(9-19-14)10-3-4-11-7-18-8-12(11)5-10/h3-9,15H,1-2H3. The second-order valence-electron chi connectivity index (χ2n) is 4.26. The second kappa shape index (κ2) is 5.17. The summed E-state index contributed by atoms with van der Waals surface area (Å²) < 4.78 is 15.7. The van der Waals surface area contributed by atoms with Crippen LogP contribution in [-0.4, -0.2) is 14.2 Å². The number of fused-ring (bicyclic) bond motifs is 1. The summed E-state index contributed by atoms with van der Waals surface area (Å²) in [5.41, 5.74) is 2.34. The molecule has 0 amide bonds. The quantitative estimate of drug-likeness (QED) is 0.658. The fourth-order valence-corrected chi connectivity index (χ4v) is 3.07. The predicted octanol–water partition coefficient (Wildman–Crippen LogP) is 4.45. The summed E-state index contributed by atoms with van der Waals surface area (Å²) in [5.74, 6) is 0. The van der Waals surface area contributed by atoms with Crippen LogP contribution in [0.3, 0.4) is 0 Å². The average molecular weight is 274 g/mol. The van der Waals surface area contributed by atoms with E-state index in [0.29, 0.717) is 0 Å². The summed E-state index contributed by atoms with van der Waals surface area (Å²) in [6.07, 6.45) is 3.22. The Labute approximate surface area is 115 Å². The van der Waals surface area contributed by atoms with Crippen molar-refractivity contribution >= 4 is 22.1 Å². The van der Waals surface area contributed by atoms with Crippen LogP contribution < -0.4 is 0 Å². The molecular weight excluding hydrogens is 260 g/mol. The van der Waals surface area contributed by atoms with Crippen LogP contribution in [0.5, 0.6) is 0 Å². The highest BCUT2D eigenvalue weighted by Crippen LogP contribution is 2.32. The average Bonchev–Trinajstić information content (AvgIpc) is 3.08. The first-order valence-electron chi connectivity index (χ1n) is 5.92. The highest BCUT2D eigenvalue weighted by atomic mass is 32.1. The molecule has 3 rings (SSSR count). The van der Waals surface area contributed by atoms with E-state index in [1.807, 2.05) is 0 Å². The summed E-state index contributed by atoms with van der Waals surface area (Å²) in [4.78, 5) is 1.06. The van der Waals surface area contributed by atoms with E-state index in [1.165, 1.54) is 11.1 Å². The van der Waals surface area contributed by atoms with E-state index in [4.69, 9.17) is 13.9 Å². The van der Waals surface area contributed by atoms with E-state index in [-0.39, 0.29) is 6.29 Å². The third kappa shape index (κ3) is 2.30. The zero-order chi connectivity index (χ0) is 13.2. The molecule has 0 bridgehead atoms. The first-order chi connectivity index (χ1) is 9.31. The molecule has 0 spiro atoms. The fraction of sp³-hybridized carbons (Fsp3) is 0.200. The Morgan fingerprint density at radius 3 is 2.58 bits per heavy atom. The Morgan fingerprint density at radius 1 is 1.00 bits per heavy atom. The van der Waals surface area contributed by atoms with Crippen molar-refractivity contribution < 1.29 is 13.9 Å². The molecule has 0 aliphatic carbocycles. The van der Waals surface area contributed by atoms with Crippen LogP contribution in [0.2, 0.25) is 0 Å². The van der Waals surface area contributed by atoms with Gasteiger partial charge in [0.1, 0.15) is 0 Å². The van der Waals surface area contributed by atoms with Crippen LogP contribution in [0.25, 0.3) is 21.9 Å². The first-order valence-corrected chi connectivity index (χ1v) is 6.80. The summed E-state index contributed by atoms with van der Waals surface area (Å²) >= 11 is 1.64. The molecule has 0 N–H and O–H groups in total. The molecule has 4 heteroatoms. The fourth-order valence-electron chi connectivity index (χ4n) is 2.10. The van der Waals surface area contributed by atoms with Crippen LogP contribution in [-0.2, 0) is 9.47 Å². The Morgan fingerprint density at radius 2 is 1.79 bits per heavy atom. The Hall–Kier alpha value is -1.62. The topological polar surface area (TPSA) is 31.6 Å². The van der Waals surface area contributed by atoms with Crippen molar-refractivity contribution in [1.82, 2.24) is 0 Å². The van der Waals surface area contributed by atoms with Crippen LogP contribution >= 0.6 is 11.3 Å². The van der Waals surface area contributed by atoms with Gasteiger partial charge in [0.25, 0.3) is 0 Å². The van der Waals surface area contributed by atoms with Gasteiger partial charge in [0.2, 0.25) is 0 Å².